The molecule has 6 heteroatoms. The Morgan fingerprint density at radius 2 is 2.11 bits per heavy atom. The monoisotopic (exact) mass is 369 g/mol. The smallest absolute Gasteiger partial charge is 0.193 e. The van der Waals surface area contributed by atoms with Gasteiger partial charge in [0.25, 0.3) is 0 Å². The molecule has 1 aromatic heterocycles. The van der Waals surface area contributed by atoms with Gasteiger partial charge in [-0.3, -0.25) is 4.99 Å². The maximum Gasteiger partial charge on any atom is 0.193 e. The van der Waals surface area contributed by atoms with Crippen LogP contribution in [0, 0.1) is 11.7 Å². The zero-order valence-electron chi connectivity index (χ0n) is 16.0. The Balaban J connectivity index is 1.30. The largest absolute Gasteiger partial charge is 0.351 e. The Morgan fingerprint density at radius 3 is 2.89 bits per heavy atom. The first-order chi connectivity index (χ1) is 13.2. The van der Waals surface area contributed by atoms with Crippen LogP contribution in [0.3, 0.4) is 0 Å². The van der Waals surface area contributed by atoms with Gasteiger partial charge in [0.15, 0.2) is 5.96 Å². The third-order valence-electron chi connectivity index (χ3n) is 5.62. The molecule has 1 atom stereocenters. The number of benzene rings is 1. The van der Waals surface area contributed by atoms with Crippen molar-refractivity contribution in [3.63, 3.8) is 0 Å². The molecular formula is C21H28FN5. The highest BCUT2D eigenvalue weighted by Gasteiger charge is 2.25. The number of aliphatic imine (C=N–C) groups is 1. The first-order valence-corrected chi connectivity index (χ1v) is 9.96. The van der Waals surface area contributed by atoms with E-state index >= 15 is 0 Å². The lowest BCUT2D eigenvalue weighted by molar-refractivity contribution is 0.459. The van der Waals surface area contributed by atoms with Crippen LogP contribution in [-0.4, -0.2) is 40.5 Å². The number of aromatic nitrogens is 2. The van der Waals surface area contributed by atoms with Crippen LogP contribution in [0.1, 0.15) is 36.3 Å². The van der Waals surface area contributed by atoms with Gasteiger partial charge < -0.3 is 14.8 Å². The number of hydrogen-bond donors (Lipinski definition) is 1. The maximum absolute atomic E-state index is 13.1. The van der Waals surface area contributed by atoms with Crippen molar-refractivity contribution >= 4 is 5.96 Å². The van der Waals surface area contributed by atoms with Gasteiger partial charge in [0.2, 0.25) is 0 Å². The fourth-order valence-electron chi connectivity index (χ4n) is 4.20. The van der Waals surface area contributed by atoms with Crippen molar-refractivity contribution in [2.24, 2.45) is 10.9 Å². The molecule has 27 heavy (non-hydrogen) atoms. The molecular weight excluding hydrogens is 341 g/mol. The Morgan fingerprint density at radius 1 is 1.26 bits per heavy atom. The van der Waals surface area contributed by atoms with Crippen LogP contribution in [0.2, 0.25) is 0 Å². The summed E-state index contributed by atoms with van der Waals surface area (Å²) < 4.78 is 15.4. The van der Waals surface area contributed by atoms with Gasteiger partial charge in [0.05, 0.1) is 12.2 Å². The molecule has 1 aromatic carbocycles. The first kappa shape index (κ1) is 18.0. The van der Waals surface area contributed by atoms with Gasteiger partial charge in [-0.1, -0.05) is 12.1 Å². The first-order valence-electron chi connectivity index (χ1n) is 9.96. The molecule has 0 saturated carbocycles. The highest BCUT2D eigenvalue weighted by atomic mass is 19.1. The molecule has 1 saturated heterocycles. The minimum atomic E-state index is -0.169. The fraction of sp³-hybridized carbons (Fsp3) is 0.524. The van der Waals surface area contributed by atoms with Gasteiger partial charge in [0, 0.05) is 39.3 Å². The van der Waals surface area contributed by atoms with Gasteiger partial charge in [-0.2, -0.15) is 0 Å². The summed E-state index contributed by atoms with van der Waals surface area (Å²) in [5.41, 5.74) is 2.30. The second-order valence-electron chi connectivity index (χ2n) is 7.63. The molecule has 2 aromatic rings. The highest BCUT2D eigenvalue weighted by molar-refractivity contribution is 5.80. The van der Waals surface area contributed by atoms with E-state index in [2.05, 4.69) is 26.0 Å². The van der Waals surface area contributed by atoms with Crippen molar-refractivity contribution < 1.29 is 4.39 Å². The van der Waals surface area contributed by atoms with E-state index in [4.69, 9.17) is 4.98 Å². The molecule has 5 nitrogen and oxygen atoms in total. The molecule has 2 aliphatic rings. The molecule has 0 spiro atoms. The number of rotatable bonds is 4. The number of guanidine groups is 1. The van der Waals surface area contributed by atoms with E-state index in [-0.39, 0.29) is 5.82 Å². The summed E-state index contributed by atoms with van der Waals surface area (Å²) in [6.45, 7) is 3.79. The predicted molar refractivity (Wildman–Crippen MR) is 105 cm³/mol. The molecule has 0 radical (unpaired) electrons. The number of nitrogens with zero attached hydrogens (tertiary/aromatic N) is 4. The van der Waals surface area contributed by atoms with Crippen molar-refractivity contribution in [2.75, 3.05) is 20.1 Å². The topological polar surface area (TPSA) is 45.5 Å². The maximum atomic E-state index is 13.1. The van der Waals surface area contributed by atoms with Crippen molar-refractivity contribution in [1.29, 1.82) is 0 Å². The van der Waals surface area contributed by atoms with Crippen LogP contribution < -0.4 is 5.32 Å². The van der Waals surface area contributed by atoms with Crippen LogP contribution in [0.15, 0.2) is 35.5 Å². The summed E-state index contributed by atoms with van der Waals surface area (Å²) in [4.78, 5) is 11.5. The third-order valence-corrected chi connectivity index (χ3v) is 5.62. The van der Waals surface area contributed by atoms with E-state index in [0.29, 0.717) is 12.5 Å². The van der Waals surface area contributed by atoms with Crippen LogP contribution in [0.25, 0.3) is 0 Å². The molecule has 1 unspecified atom stereocenters. The second kappa shape index (κ2) is 8.11. The number of hydrogen-bond acceptors (Lipinski definition) is 2. The fourth-order valence-corrected chi connectivity index (χ4v) is 4.20. The van der Waals surface area contributed by atoms with Gasteiger partial charge in [-0.05, 0) is 49.3 Å². The van der Waals surface area contributed by atoms with E-state index in [1.165, 1.54) is 24.2 Å². The Kier molecular flexibility index (Phi) is 5.41. The van der Waals surface area contributed by atoms with Crippen molar-refractivity contribution in [3.05, 3.63) is 53.4 Å². The highest BCUT2D eigenvalue weighted by Crippen LogP contribution is 2.21. The summed E-state index contributed by atoms with van der Waals surface area (Å²) in [7, 11) is 1.84. The second-order valence-corrected chi connectivity index (χ2v) is 7.63. The predicted octanol–water partition coefficient (Wildman–Crippen LogP) is 3.00. The van der Waals surface area contributed by atoms with E-state index in [1.54, 1.807) is 12.1 Å². The average molecular weight is 369 g/mol. The number of aryl methyl sites for hydroxylation is 2. The van der Waals surface area contributed by atoms with Gasteiger partial charge >= 0.3 is 0 Å². The molecule has 0 aliphatic carbocycles. The van der Waals surface area contributed by atoms with Gasteiger partial charge in [0.1, 0.15) is 11.6 Å². The molecule has 3 heterocycles. The minimum absolute atomic E-state index is 0.169. The molecule has 0 bridgehead atoms. The van der Waals surface area contributed by atoms with Crippen LogP contribution in [0.5, 0.6) is 0 Å². The zero-order valence-corrected chi connectivity index (χ0v) is 16.0. The van der Waals surface area contributed by atoms with E-state index < -0.39 is 0 Å². The summed E-state index contributed by atoms with van der Waals surface area (Å²) in [6, 6.07) is 6.89. The van der Waals surface area contributed by atoms with E-state index in [9.17, 15) is 4.39 Å². The Labute approximate surface area is 160 Å². The Bertz CT molecular complexity index is 772. The lowest BCUT2D eigenvalue weighted by atomic mass is 9.99. The number of imidazole rings is 1. The standard InChI is InChI=1S/C21H28FN5/c1-23-21(24-13-19-15-26-10-3-2-4-20(26)25-19)27-11-9-17(14-27)12-16-5-7-18(22)8-6-16/h5-8,15,17H,2-4,9-14H2,1H3,(H,23,24). The number of halogens is 1. The van der Waals surface area contributed by atoms with Crippen molar-refractivity contribution in [1.82, 2.24) is 19.8 Å². The molecule has 1 fully saturated rings. The number of fused-ring (bicyclic) bond motifs is 1. The molecule has 2 aliphatic heterocycles. The average Bonchev–Trinajstić information content (AvgIpc) is 3.31. The van der Waals surface area contributed by atoms with E-state index in [1.807, 2.05) is 19.2 Å². The molecule has 0 amide bonds. The molecule has 4 rings (SSSR count). The zero-order chi connectivity index (χ0) is 18.6. The van der Waals surface area contributed by atoms with Gasteiger partial charge in [-0.15, -0.1) is 0 Å². The van der Waals surface area contributed by atoms with Gasteiger partial charge in [-0.25, -0.2) is 9.37 Å². The van der Waals surface area contributed by atoms with Crippen LogP contribution >= 0.6 is 0 Å². The van der Waals surface area contributed by atoms with Crippen molar-refractivity contribution in [2.45, 2.75) is 45.2 Å². The normalized spacial score (nSPS) is 20.0. The molecule has 144 valence electrons. The lowest BCUT2D eigenvalue weighted by Gasteiger charge is -2.21. The summed E-state index contributed by atoms with van der Waals surface area (Å²) in [6.07, 6.45) is 7.89. The third kappa shape index (κ3) is 4.31. The van der Waals surface area contributed by atoms with E-state index in [0.717, 1.165) is 50.6 Å². The lowest BCUT2D eigenvalue weighted by Crippen LogP contribution is -2.39. The summed E-state index contributed by atoms with van der Waals surface area (Å²) in [5, 5.41) is 3.48. The molecule has 1 N–H and O–H groups in total. The number of likely N-dealkylation sites (tertiary alicyclic amines) is 1. The SMILES string of the molecule is CN=C(NCc1cn2c(n1)CCCC2)N1CCC(Cc2ccc(F)cc2)C1. The quantitative estimate of drug-likeness (QED) is 0.666. The summed E-state index contributed by atoms with van der Waals surface area (Å²) >= 11 is 0. The summed E-state index contributed by atoms with van der Waals surface area (Å²) in [5.74, 6) is 2.57. The van der Waals surface area contributed by atoms with Crippen LogP contribution in [0.4, 0.5) is 4.39 Å². The minimum Gasteiger partial charge on any atom is -0.351 e. The van der Waals surface area contributed by atoms with Crippen molar-refractivity contribution in [3.8, 4) is 0 Å². The Hall–Kier alpha value is -2.37. The van der Waals surface area contributed by atoms with Crippen LogP contribution in [-0.2, 0) is 25.9 Å². The number of nitrogens with one attached hydrogen (secondary N) is 1.